The fourth-order valence-electron chi connectivity index (χ4n) is 4.47. The van der Waals surface area contributed by atoms with Crippen LogP contribution in [0.1, 0.15) is 28.6 Å². The van der Waals surface area contributed by atoms with E-state index in [1.807, 2.05) is 72.2 Å². The molecule has 4 aromatic carbocycles. The highest BCUT2D eigenvalue weighted by Crippen LogP contribution is 2.30. The number of hydrogen-bond donors (Lipinski definition) is 1. The predicted molar refractivity (Wildman–Crippen MR) is 162 cm³/mol. The third-order valence-electron chi connectivity index (χ3n) is 6.47. The van der Waals surface area contributed by atoms with Crippen LogP contribution in [0.15, 0.2) is 114 Å². The number of nitro benzene ring substituents is 1. The predicted octanol–water partition coefficient (Wildman–Crippen LogP) is 6.26. The van der Waals surface area contributed by atoms with E-state index in [1.54, 1.807) is 24.3 Å². The van der Waals surface area contributed by atoms with Crippen LogP contribution in [0.3, 0.4) is 0 Å². The number of nitrogens with zero attached hydrogens (tertiary/aromatic N) is 4. The van der Waals surface area contributed by atoms with E-state index in [-0.39, 0.29) is 18.2 Å². The second-order valence-corrected chi connectivity index (χ2v) is 10.6. The van der Waals surface area contributed by atoms with Gasteiger partial charge in [0.05, 0.1) is 11.0 Å². The minimum absolute atomic E-state index is 0.0189. The van der Waals surface area contributed by atoms with Crippen LogP contribution in [0, 0.1) is 17.0 Å². The van der Waals surface area contributed by atoms with E-state index in [9.17, 15) is 14.9 Å². The SMILES string of the molecule is Cc1cccc(CSc2nnc(C(Cc3ccccc3)NC(=O)COc3ccccc3)n2-c2ccc([N+](=O)[O-])cc2)c1. The first-order valence-electron chi connectivity index (χ1n) is 13.4. The van der Waals surface area contributed by atoms with E-state index >= 15 is 0 Å². The highest BCUT2D eigenvalue weighted by Gasteiger charge is 2.25. The number of aromatic nitrogens is 3. The lowest BCUT2D eigenvalue weighted by Crippen LogP contribution is -2.35. The van der Waals surface area contributed by atoms with Crippen LogP contribution in [0.4, 0.5) is 5.69 Å². The summed E-state index contributed by atoms with van der Waals surface area (Å²) in [6.07, 6.45) is 0.450. The van der Waals surface area contributed by atoms with Gasteiger partial charge in [0.1, 0.15) is 5.75 Å². The number of nitro groups is 1. The number of ether oxygens (including phenoxy) is 1. The molecule has 10 heteroatoms. The summed E-state index contributed by atoms with van der Waals surface area (Å²) in [5.74, 6) is 1.43. The average Bonchev–Trinajstić information content (AvgIpc) is 3.44. The van der Waals surface area contributed by atoms with E-state index in [1.165, 1.54) is 23.9 Å². The first kappa shape index (κ1) is 28.6. The van der Waals surface area contributed by atoms with Gasteiger partial charge >= 0.3 is 0 Å². The molecular formula is C32H29N5O4S. The van der Waals surface area contributed by atoms with Gasteiger partial charge in [-0.2, -0.15) is 0 Å². The van der Waals surface area contributed by atoms with Crippen molar-refractivity contribution in [2.75, 3.05) is 6.61 Å². The molecule has 0 aliphatic heterocycles. The summed E-state index contributed by atoms with van der Waals surface area (Å²) in [5, 5.41) is 24.1. The van der Waals surface area contributed by atoms with Gasteiger partial charge in [-0.1, -0.05) is 90.1 Å². The molecule has 42 heavy (non-hydrogen) atoms. The Balaban J connectivity index is 1.48. The number of carbonyl (C=O) groups excluding carboxylic acids is 1. The Labute approximate surface area is 247 Å². The van der Waals surface area contributed by atoms with Gasteiger partial charge in [-0.15, -0.1) is 10.2 Å². The number of nitrogens with one attached hydrogen (secondary N) is 1. The zero-order chi connectivity index (χ0) is 29.3. The van der Waals surface area contributed by atoms with Gasteiger partial charge in [-0.25, -0.2) is 0 Å². The second kappa shape index (κ2) is 13.6. The van der Waals surface area contributed by atoms with Gasteiger partial charge in [-0.05, 0) is 48.7 Å². The molecule has 1 amide bonds. The van der Waals surface area contributed by atoms with Crippen LogP contribution in [0.2, 0.25) is 0 Å². The summed E-state index contributed by atoms with van der Waals surface area (Å²) in [6, 6.07) is 32.8. The number of amides is 1. The molecule has 0 aliphatic rings. The van der Waals surface area contributed by atoms with E-state index in [2.05, 4.69) is 27.6 Å². The van der Waals surface area contributed by atoms with Crippen molar-refractivity contribution in [1.29, 1.82) is 0 Å². The Hall–Kier alpha value is -4.96. The van der Waals surface area contributed by atoms with Crippen molar-refractivity contribution in [2.24, 2.45) is 0 Å². The second-order valence-electron chi connectivity index (χ2n) is 9.64. The zero-order valence-electron chi connectivity index (χ0n) is 22.9. The average molecular weight is 580 g/mol. The molecule has 0 aliphatic carbocycles. The Bertz CT molecular complexity index is 1640. The minimum Gasteiger partial charge on any atom is -0.484 e. The van der Waals surface area contributed by atoms with Gasteiger partial charge in [-0.3, -0.25) is 19.5 Å². The number of non-ortho nitro benzene ring substituents is 1. The van der Waals surface area contributed by atoms with Crippen molar-refractivity contribution in [3.63, 3.8) is 0 Å². The Kier molecular flexibility index (Phi) is 9.25. The van der Waals surface area contributed by atoms with E-state index in [0.717, 1.165) is 16.7 Å². The number of carbonyl (C=O) groups is 1. The zero-order valence-corrected chi connectivity index (χ0v) is 23.7. The molecule has 5 aromatic rings. The third-order valence-corrected chi connectivity index (χ3v) is 7.47. The van der Waals surface area contributed by atoms with Crippen molar-refractivity contribution in [1.82, 2.24) is 20.1 Å². The smallest absolute Gasteiger partial charge is 0.269 e. The van der Waals surface area contributed by atoms with Crippen molar-refractivity contribution in [3.05, 3.63) is 142 Å². The lowest BCUT2D eigenvalue weighted by Gasteiger charge is -2.20. The Morgan fingerprint density at radius 3 is 2.31 bits per heavy atom. The molecule has 0 fully saturated rings. The quantitative estimate of drug-likeness (QED) is 0.106. The van der Waals surface area contributed by atoms with Crippen LogP contribution in [-0.4, -0.2) is 32.2 Å². The number of rotatable bonds is 12. The number of para-hydroxylation sites is 1. The van der Waals surface area contributed by atoms with E-state index < -0.39 is 11.0 Å². The first-order chi connectivity index (χ1) is 20.5. The van der Waals surface area contributed by atoms with Gasteiger partial charge in [0.25, 0.3) is 11.6 Å². The molecule has 1 aromatic heterocycles. The van der Waals surface area contributed by atoms with Crippen molar-refractivity contribution < 1.29 is 14.5 Å². The molecule has 0 bridgehead atoms. The maximum Gasteiger partial charge on any atom is 0.269 e. The molecule has 1 N–H and O–H groups in total. The summed E-state index contributed by atoms with van der Waals surface area (Å²) in [6.45, 7) is 1.87. The van der Waals surface area contributed by atoms with Gasteiger partial charge in [0, 0.05) is 23.6 Å². The van der Waals surface area contributed by atoms with Gasteiger partial charge in [0.2, 0.25) is 0 Å². The van der Waals surface area contributed by atoms with Crippen molar-refractivity contribution in [3.8, 4) is 11.4 Å². The van der Waals surface area contributed by atoms with Crippen molar-refractivity contribution >= 4 is 23.4 Å². The summed E-state index contributed by atoms with van der Waals surface area (Å²) < 4.78 is 7.54. The molecule has 1 unspecified atom stereocenters. The monoisotopic (exact) mass is 579 g/mol. The number of thioether (sulfide) groups is 1. The topological polar surface area (TPSA) is 112 Å². The maximum absolute atomic E-state index is 13.1. The molecule has 0 saturated heterocycles. The molecule has 1 atom stereocenters. The summed E-state index contributed by atoms with van der Waals surface area (Å²) in [5.41, 5.74) is 3.93. The largest absolute Gasteiger partial charge is 0.484 e. The number of hydrogen-bond acceptors (Lipinski definition) is 7. The number of aryl methyl sites for hydroxylation is 1. The molecule has 212 valence electrons. The maximum atomic E-state index is 13.1. The number of benzene rings is 4. The Morgan fingerprint density at radius 2 is 1.62 bits per heavy atom. The third kappa shape index (κ3) is 7.41. The summed E-state index contributed by atoms with van der Waals surface area (Å²) in [4.78, 5) is 24.0. The fourth-order valence-corrected chi connectivity index (χ4v) is 5.38. The minimum atomic E-state index is -0.560. The molecule has 0 spiro atoms. The van der Waals surface area contributed by atoms with Crippen LogP contribution in [-0.2, 0) is 17.0 Å². The van der Waals surface area contributed by atoms with E-state index in [4.69, 9.17) is 4.74 Å². The molecule has 9 nitrogen and oxygen atoms in total. The van der Waals surface area contributed by atoms with Crippen LogP contribution in [0.25, 0.3) is 5.69 Å². The van der Waals surface area contributed by atoms with Crippen LogP contribution in [0.5, 0.6) is 5.75 Å². The standard InChI is InChI=1S/C32H29N5O4S/c1-23-9-8-12-25(19-23)22-42-32-35-34-31(36(32)26-15-17-27(18-16-26)37(39)40)29(20-24-10-4-2-5-11-24)33-30(38)21-41-28-13-6-3-7-14-28/h2-19,29H,20-22H2,1H3,(H,33,38). The molecular weight excluding hydrogens is 550 g/mol. The molecule has 1 heterocycles. The lowest BCUT2D eigenvalue weighted by atomic mass is 10.0. The summed E-state index contributed by atoms with van der Waals surface area (Å²) >= 11 is 1.50. The molecule has 0 saturated carbocycles. The van der Waals surface area contributed by atoms with E-state index in [0.29, 0.717) is 34.6 Å². The van der Waals surface area contributed by atoms with Crippen LogP contribution < -0.4 is 10.1 Å². The Morgan fingerprint density at radius 1 is 0.929 bits per heavy atom. The molecule has 0 radical (unpaired) electrons. The fraction of sp³-hybridized carbons (Fsp3) is 0.156. The van der Waals surface area contributed by atoms with Crippen LogP contribution >= 0.6 is 11.8 Å². The summed E-state index contributed by atoms with van der Waals surface area (Å²) in [7, 11) is 0. The molecule has 5 rings (SSSR count). The normalized spacial score (nSPS) is 11.5. The van der Waals surface area contributed by atoms with Gasteiger partial charge in [0.15, 0.2) is 17.6 Å². The lowest BCUT2D eigenvalue weighted by molar-refractivity contribution is -0.384. The highest BCUT2D eigenvalue weighted by molar-refractivity contribution is 7.98. The van der Waals surface area contributed by atoms with Gasteiger partial charge < -0.3 is 10.1 Å². The first-order valence-corrected chi connectivity index (χ1v) is 14.3. The van der Waals surface area contributed by atoms with Crippen molar-refractivity contribution in [2.45, 2.75) is 30.3 Å². The highest BCUT2D eigenvalue weighted by atomic mass is 32.2.